The summed E-state index contributed by atoms with van der Waals surface area (Å²) in [6, 6.07) is 14.2. The number of Topliss-reactive ketones (excluding diaryl/α,β-unsaturated/α-hetero) is 1. The van der Waals surface area contributed by atoms with Crippen LogP contribution in [-0.2, 0) is 35.7 Å². The summed E-state index contributed by atoms with van der Waals surface area (Å²) >= 11 is 12.0. The number of aromatic nitrogens is 2. The lowest BCUT2D eigenvalue weighted by molar-refractivity contribution is -0.140. The van der Waals surface area contributed by atoms with E-state index in [-0.39, 0.29) is 31.9 Å². The minimum atomic E-state index is -4.27. The number of ether oxygens (including phenoxy) is 1. The maximum absolute atomic E-state index is 13.6. The third-order valence-electron chi connectivity index (χ3n) is 6.36. The number of ketones is 1. The summed E-state index contributed by atoms with van der Waals surface area (Å²) in [7, 11) is -4.27. The average Bonchev–Trinajstić information content (AvgIpc) is 3.02. The molecule has 0 saturated carbocycles. The fraction of sp³-hybridized carbons (Fsp3) is 0.133. The molecule has 13 nitrogen and oxygen atoms in total. The zero-order valence-electron chi connectivity index (χ0n) is 23.9. The quantitative estimate of drug-likeness (QED) is 0.174. The third kappa shape index (κ3) is 8.78. The lowest BCUT2D eigenvalue weighted by Gasteiger charge is -2.18. The highest BCUT2D eigenvalue weighted by atomic mass is 35.5. The summed E-state index contributed by atoms with van der Waals surface area (Å²) in [5, 5.41) is 11.4. The summed E-state index contributed by atoms with van der Waals surface area (Å²) in [4.78, 5) is 67.6. The number of carboxylic acids is 1. The number of aliphatic carboxylic acids is 1. The largest absolute Gasteiger partial charge is 0.481 e. The Balaban J connectivity index is 1.60. The van der Waals surface area contributed by atoms with Crippen LogP contribution >= 0.6 is 23.2 Å². The number of hydrogen-bond donors (Lipinski definition) is 3. The monoisotopic (exact) mass is 704 g/mol. The molecule has 4 rings (SSSR count). The van der Waals surface area contributed by atoms with E-state index in [2.05, 4.69) is 15.0 Å². The van der Waals surface area contributed by atoms with E-state index in [4.69, 9.17) is 27.9 Å². The molecule has 47 heavy (non-hydrogen) atoms. The number of sulfonamides is 1. The van der Waals surface area contributed by atoms with E-state index in [1.165, 1.54) is 54.6 Å². The second-order valence-electron chi connectivity index (χ2n) is 9.67. The number of benzene rings is 3. The lowest BCUT2D eigenvalue weighted by Crippen LogP contribution is -2.46. The van der Waals surface area contributed by atoms with Gasteiger partial charge in [0.2, 0.25) is 5.91 Å². The molecule has 0 aliphatic heterocycles. The third-order valence-corrected chi connectivity index (χ3v) is 8.38. The molecule has 0 radical (unpaired) electrons. The Labute approximate surface area is 276 Å². The van der Waals surface area contributed by atoms with Crippen molar-refractivity contribution in [2.45, 2.75) is 23.9 Å². The van der Waals surface area contributed by atoms with Crippen LogP contribution in [0.1, 0.15) is 16.8 Å². The van der Waals surface area contributed by atoms with Crippen molar-refractivity contribution in [3.05, 3.63) is 111 Å². The van der Waals surface area contributed by atoms with Gasteiger partial charge in [-0.15, -0.1) is 0 Å². The van der Waals surface area contributed by atoms with Crippen LogP contribution in [0.3, 0.4) is 0 Å². The minimum absolute atomic E-state index is 0.0605. The maximum Gasteiger partial charge on any atom is 0.341 e. The van der Waals surface area contributed by atoms with Crippen LogP contribution < -0.4 is 15.6 Å². The van der Waals surface area contributed by atoms with Gasteiger partial charge < -0.3 is 15.2 Å². The van der Waals surface area contributed by atoms with Gasteiger partial charge in [0.1, 0.15) is 29.9 Å². The van der Waals surface area contributed by atoms with Gasteiger partial charge >= 0.3 is 11.9 Å². The van der Waals surface area contributed by atoms with Crippen LogP contribution in [0.2, 0.25) is 10.0 Å². The molecule has 1 aromatic heterocycles. The van der Waals surface area contributed by atoms with Crippen molar-refractivity contribution < 1.29 is 41.8 Å². The summed E-state index contributed by atoms with van der Waals surface area (Å²) in [6.45, 7) is -1.87. The molecule has 4 aromatic rings. The predicted octanol–water partition coefficient (Wildman–Crippen LogP) is 3.54. The van der Waals surface area contributed by atoms with Crippen LogP contribution in [0.15, 0.2) is 88.7 Å². The zero-order chi connectivity index (χ0) is 34.3. The second-order valence-corrected chi connectivity index (χ2v) is 12.2. The van der Waals surface area contributed by atoms with Crippen LogP contribution in [-0.4, -0.2) is 59.4 Å². The summed E-state index contributed by atoms with van der Waals surface area (Å²) in [5.74, 6) is -5.45. The Morgan fingerprint density at radius 3 is 2.21 bits per heavy atom. The Hall–Kier alpha value is -5.12. The van der Waals surface area contributed by atoms with Crippen molar-refractivity contribution in [3.63, 3.8) is 0 Å². The summed E-state index contributed by atoms with van der Waals surface area (Å²) < 4.78 is 47.2. The van der Waals surface area contributed by atoms with E-state index >= 15 is 0 Å². The molecule has 3 aromatic carbocycles. The van der Waals surface area contributed by atoms with Crippen molar-refractivity contribution in [1.29, 1.82) is 0 Å². The number of halogens is 3. The Bertz CT molecular complexity index is 1990. The van der Waals surface area contributed by atoms with Crippen molar-refractivity contribution in [1.82, 2.24) is 14.9 Å². The van der Waals surface area contributed by atoms with E-state index in [1.807, 2.05) is 0 Å². The molecule has 17 heteroatoms. The standard InChI is InChI=1S/C30H23Cl2FN4O9S/c31-20-7-4-8-21(32)27(20)30(43)46-16-24(38)22(13-26(40)41)35-25(39)15-37-28(17-9-11-18(33)12-10-17)34-14-23(29(37)42)36-47(44,45)19-5-2-1-3-6-19/h1-12,14,22,36H,13,15-16H2,(H,35,39)(H,40,41)/t22-/m0/s1. The van der Waals surface area contributed by atoms with Crippen molar-refractivity contribution in [3.8, 4) is 11.4 Å². The Morgan fingerprint density at radius 1 is 0.957 bits per heavy atom. The normalized spacial score (nSPS) is 11.7. The van der Waals surface area contributed by atoms with E-state index in [9.17, 15) is 41.9 Å². The smallest absolute Gasteiger partial charge is 0.341 e. The topological polar surface area (TPSA) is 191 Å². The number of rotatable bonds is 13. The van der Waals surface area contributed by atoms with Gasteiger partial charge in [0.05, 0.1) is 33.1 Å². The highest BCUT2D eigenvalue weighted by molar-refractivity contribution is 7.92. The van der Waals surface area contributed by atoms with E-state index in [1.54, 1.807) is 6.07 Å². The van der Waals surface area contributed by atoms with E-state index < -0.39 is 76.3 Å². The van der Waals surface area contributed by atoms with E-state index in [0.717, 1.165) is 22.9 Å². The summed E-state index contributed by atoms with van der Waals surface area (Å²) in [5.41, 5.74) is -1.65. The fourth-order valence-electron chi connectivity index (χ4n) is 4.15. The summed E-state index contributed by atoms with van der Waals surface area (Å²) in [6.07, 6.45) is -0.00384. The lowest BCUT2D eigenvalue weighted by atomic mass is 10.1. The van der Waals surface area contributed by atoms with E-state index in [0.29, 0.717) is 0 Å². The first-order valence-electron chi connectivity index (χ1n) is 13.4. The van der Waals surface area contributed by atoms with Crippen molar-refractivity contribution >= 4 is 62.5 Å². The molecule has 0 unspecified atom stereocenters. The Kier molecular flexibility index (Phi) is 11.1. The van der Waals surface area contributed by atoms with Gasteiger partial charge in [0.25, 0.3) is 15.6 Å². The van der Waals surface area contributed by atoms with Gasteiger partial charge in [0.15, 0.2) is 12.4 Å². The first-order valence-corrected chi connectivity index (χ1v) is 15.6. The van der Waals surface area contributed by atoms with Gasteiger partial charge in [-0.1, -0.05) is 47.5 Å². The molecule has 0 saturated heterocycles. The number of nitrogens with zero attached hydrogens (tertiary/aromatic N) is 2. The zero-order valence-corrected chi connectivity index (χ0v) is 26.2. The van der Waals surface area contributed by atoms with Crippen LogP contribution in [0.5, 0.6) is 0 Å². The Morgan fingerprint density at radius 2 is 1.60 bits per heavy atom. The molecule has 0 aliphatic carbocycles. The number of nitrogens with one attached hydrogen (secondary N) is 2. The van der Waals surface area contributed by atoms with Crippen molar-refractivity contribution in [2.24, 2.45) is 0 Å². The number of carbonyl (C=O) groups excluding carboxylic acids is 3. The van der Waals surface area contributed by atoms with Gasteiger partial charge in [0, 0.05) is 5.56 Å². The highest BCUT2D eigenvalue weighted by Crippen LogP contribution is 2.25. The molecular formula is C30H23Cl2FN4O9S. The fourth-order valence-corrected chi connectivity index (χ4v) is 5.76. The molecule has 1 atom stereocenters. The molecule has 1 amide bonds. The number of amides is 1. The molecule has 0 spiro atoms. The molecule has 0 fully saturated rings. The highest BCUT2D eigenvalue weighted by Gasteiger charge is 2.27. The maximum atomic E-state index is 13.6. The first kappa shape index (κ1) is 34.7. The molecule has 244 valence electrons. The van der Waals surface area contributed by atoms with Gasteiger partial charge in [-0.05, 0) is 48.5 Å². The minimum Gasteiger partial charge on any atom is -0.481 e. The average molecular weight is 706 g/mol. The van der Waals surface area contributed by atoms with Gasteiger partial charge in [-0.2, -0.15) is 0 Å². The predicted molar refractivity (Wildman–Crippen MR) is 167 cm³/mol. The molecule has 3 N–H and O–H groups in total. The molecule has 0 aliphatic rings. The van der Waals surface area contributed by atoms with Crippen molar-refractivity contribution in [2.75, 3.05) is 11.3 Å². The van der Waals surface area contributed by atoms with Crippen LogP contribution in [0.25, 0.3) is 11.4 Å². The van der Waals surface area contributed by atoms with Crippen LogP contribution in [0, 0.1) is 5.82 Å². The number of anilines is 1. The number of hydrogen-bond acceptors (Lipinski definition) is 9. The van der Waals surface area contributed by atoms with Crippen LogP contribution in [0.4, 0.5) is 10.1 Å². The second kappa shape index (κ2) is 15.0. The number of carboxylic acid groups (broad SMARTS) is 1. The SMILES string of the molecule is O=C(O)C[C@H](NC(=O)Cn1c(-c2ccc(F)cc2)ncc(NS(=O)(=O)c2ccccc2)c1=O)C(=O)COC(=O)c1c(Cl)cccc1Cl. The first-order chi connectivity index (χ1) is 22.3. The number of carbonyl (C=O) groups is 4. The molecule has 1 heterocycles. The molecular weight excluding hydrogens is 682 g/mol. The van der Waals surface area contributed by atoms with Gasteiger partial charge in [-0.25, -0.2) is 22.6 Å². The molecule has 0 bridgehead atoms. The number of esters is 1. The van der Waals surface area contributed by atoms with Gasteiger partial charge in [-0.3, -0.25) is 28.5 Å².